The van der Waals surface area contributed by atoms with E-state index in [0.29, 0.717) is 30.3 Å². The largest absolute Gasteiger partial charge is 0.474 e. The van der Waals surface area contributed by atoms with E-state index in [4.69, 9.17) is 20.5 Å². The van der Waals surface area contributed by atoms with Crippen LogP contribution in [0.3, 0.4) is 0 Å². The topological polar surface area (TPSA) is 81.2 Å². The molecule has 2 N–H and O–H groups in total. The van der Waals surface area contributed by atoms with E-state index in [0.717, 1.165) is 13.0 Å². The van der Waals surface area contributed by atoms with Gasteiger partial charge in [-0.05, 0) is 12.5 Å². The lowest BCUT2D eigenvalue weighted by atomic mass is 10.3. The Kier molecular flexibility index (Phi) is 5.09. The van der Waals surface area contributed by atoms with Crippen molar-refractivity contribution >= 4 is 5.69 Å². The predicted octanol–water partition coefficient (Wildman–Crippen LogP) is 1.34. The van der Waals surface area contributed by atoms with Crippen LogP contribution in [0.2, 0.25) is 0 Å². The Morgan fingerprint density at radius 1 is 1.44 bits per heavy atom. The van der Waals surface area contributed by atoms with Gasteiger partial charge in [-0.2, -0.15) is 5.26 Å². The van der Waals surface area contributed by atoms with Crippen LogP contribution in [0.15, 0.2) is 12.3 Å². The van der Waals surface area contributed by atoms with Gasteiger partial charge in [0.25, 0.3) is 0 Å². The molecule has 86 valence electrons. The summed E-state index contributed by atoms with van der Waals surface area (Å²) >= 11 is 0. The molecule has 0 saturated carbocycles. The number of anilines is 1. The van der Waals surface area contributed by atoms with E-state index in [-0.39, 0.29) is 0 Å². The molecule has 1 aromatic rings. The highest BCUT2D eigenvalue weighted by atomic mass is 16.5. The van der Waals surface area contributed by atoms with Gasteiger partial charge in [-0.25, -0.2) is 4.98 Å². The smallest absolute Gasteiger partial charge is 0.237 e. The third-order valence-corrected chi connectivity index (χ3v) is 1.82. The lowest BCUT2D eigenvalue weighted by Crippen LogP contribution is -2.09. The van der Waals surface area contributed by atoms with Crippen molar-refractivity contribution in [3.63, 3.8) is 0 Å². The molecule has 1 heterocycles. The summed E-state index contributed by atoms with van der Waals surface area (Å²) in [4.78, 5) is 3.94. The number of hydrogen-bond acceptors (Lipinski definition) is 5. The van der Waals surface area contributed by atoms with Crippen LogP contribution in [-0.4, -0.2) is 24.8 Å². The monoisotopic (exact) mass is 221 g/mol. The Balaban J connectivity index is 2.40. The van der Waals surface area contributed by atoms with Crippen LogP contribution >= 0.6 is 0 Å². The summed E-state index contributed by atoms with van der Waals surface area (Å²) < 4.78 is 10.6. The molecule has 0 spiro atoms. The van der Waals surface area contributed by atoms with E-state index in [1.807, 2.05) is 13.0 Å². The average Bonchev–Trinajstić information content (AvgIpc) is 2.30. The van der Waals surface area contributed by atoms with Crippen LogP contribution in [0.5, 0.6) is 5.88 Å². The number of nitrogens with two attached hydrogens (primary N) is 1. The number of aromatic nitrogens is 1. The maximum atomic E-state index is 8.62. The summed E-state index contributed by atoms with van der Waals surface area (Å²) in [5, 5.41) is 8.62. The summed E-state index contributed by atoms with van der Waals surface area (Å²) in [5.41, 5.74) is 6.45. The summed E-state index contributed by atoms with van der Waals surface area (Å²) in [6.45, 7) is 3.68. The van der Waals surface area contributed by atoms with Crippen molar-refractivity contribution in [2.75, 3.05) is 25.6 Å². The van der Waals surface area contributed by atoms with Crippen molar-refractivity contribution in [3.05, 3.63) is 17.8 Å². The van der Waals surface area contributed by atoms with E-state index in [1.54, 1.807) is 0 Å². The van der Waals surface area contributed by atoms with Crippen molar-refractivity contribution in [1.82, 2.24) is 4.98 Å². The number of rotatable bonds is 6. The zero-order valence-corrected chi connectivity index (χ0v) is 9.27. The van der Waals surface area contributed by atoms with Crippen LogP contribution < -0.4 is 10.5 Å². The second kappa shape index (κ2) is 6.64. The molecule has 0 atom stereocenters. The number of nitrogens with zero attached hydrogens (tertiary/aromatic N) is 2. The molecular weight excluding hydrogens is 206 g/mol. The summed E-state index contributed by atoms with van der Waals surface area (Å²) in [6, 6.07) is 3.49. The van der Waals surface area contributed by atoms with Gasteiger partial charge in [-0.3, -0.25) is 0 Å². The molecule has 0 saturated heterocycles. The molecule has 0 aromatic carbocycles. The van der Waals surface area contributed by atoms with Crippen LogP contribution in [0.1, 0.15) is 18.9 Å². The number of nitriles is 1. The third-order valence-electron chi connectivity index (χ3n) is 1.82. The van der Waals surface area contributed by atoms with E-state index < -0.39 is 0 Å². The molecule has 1 rings (SSSR count). The molecule has 0 fully saturated rings. The lowest BCUT2D eigenvalue weighted by Gasteiger charge is -2.07. The molecular formula is C11H15N3O2. The van der Waals surface area contributed by atoms with Gasteiger partial charge < -0.3 is 15.2 Å². The Morgan fingerprint density at radius 2 is 2.25 bits per heavy atom. The maximum Gasteiger partial charge on any atom is 0.237 e. The number of nitrogen functional groups attached to an aromatic ring is 1. The quantitative estimate of drug-likeness (QED) is 0.733. The molecule has 0 bridgehead atoms. The van der Waals surface area contributed by atoms with Crippen molar-refractivity contribution in [2.24, 2.45) is 0 Å². The Labute approximate surface area is 94.8 Å². The van der Waals surface area contributed by atoms with Gasteiger partial charge >= 0.3 is 0 Å². The first kappa shape index (κ1) is 12.3. The minimum Gasteiger partial charge on any atom is -0.474 e. The van der Waals surface area contributed by atoms with E-state index in [1.165, 1.54) is 12.3 Å². The number of hydrogen-bond donors (Lipinski definition) is 1. The predicted molar refractivity (Wildman–Crippen MR) is 60.0 cm³/mol. The SMILES string of the molecule is CCCOCCOc1ncc(C#N)cc1N. The molecule has 0 amide bonds. The minimum atomic E-state index is 0.346. The van der Waals surface area contributed by atoms with Gasteiger partial charge in [-0.1, -0.05) is 6.92 Å². The molecule has 5 nitrogen and oxygen atoms in total. The molecule has 0 unspecified atom stereocenters. The Bertz CT molecular complexity index is 374. The minimum absolute atomic E-state index is 0.346. The molecule has 0 aliphatic rings. The first-order valence-corrected chi connectivity index (χ1v) is 5.14. The van der Waals surface area contributed by atoms with Crippen LogP contribution in [0.4, 0.5) is 5.69 Å². The highest BCUT2D eigenvalue weighted by Crippen LogP contribution is 2.18. The van der Waals surface area contributed by atoms with Gasteiger partial charge in [0.15, 0.2) is 0 Å². The van der Waals surface area contributed by atoms with E-state index in [9.17, 15) is 0 Å². The van der Waals surface area contributed by atoms with Gasteiger partial charge in [0.2, 0.25) is 5.88 Å². The lowest BCUT2D eigenvalue weighted by molar-refractivity contribution is 0.0993. The van der Waals surface area contributed by atoms with Gasteiger partial charge in [-0.15, -0.1) is 0 Å². The van der Waals surface area contributed by atoms with E-state index in [2.05, 4.69) is 4.98 Å². The third kappa shape index (κ3) is 3.75. The van der Waals surface area contributed by atoms with Crippen LogP contribution in [0, 0.1) is 11.3 Å². The Morgan fingerprint density at radius 3 is 2.88 bits per heavy atom. The summed E-state index contributed by atoms with van der Waals surface area (Å²) in [7, 11) is 0. The molecule has 0 aliphatic carbocycles. The second-order valence-electron chi connectivity index (χ2n) is 3.19. The zero-order valence-electron chi connectivity index (χ0n) is 9.27. The zero-order chi connectivity index (χ0) is 11.8. The molecule has 0 radical (unpaired) electrons. The van der Waals surface area contributed by atoms with Gasteiger partial charge in [0.05, 0.1) is 17.9 Å². The van der Waals surface area contributed by atoms with Crippen LogP contribution in [0.25, 0.3) is 0 Å². The van der Waals surface area contributed by atoms with E-state index >= 15 is 0 Å². The van der Waals surface area contributed by atoms with Gasteiger partial charge in [0, 0.05) is 12.8 Å². The Hall–Kier alpha value is -1.80. The standard InChI is InChI=1S/C11H15N3O2/c1-2-3-15-4-5-16-11-10(13)6-9(7-12)8-14-11/h6,8H,2-5,13H2,1H3. The van der Waals surface area contributed by atoms with Gasteiger partial charge in [0.1, 0.15) is 12.7 Å². The average molecular weight is 221 g/mol. The molecule has 1 aromatic heterocycles. The fourth-order valence-corrected chi connectivity index (χ4v) is 1.09. The molecule has 5 heteroatoms. The van der Waals surface area contributed by atoms with Crippen molar-refractivity contribution in [3.8, 4) is 11.9 Å². The first-order valence-electron chi connectivity index (χ1n) is 5.14. The second-order valence-corrected chi connectivity index (χ2v) is 3.19. The highest BCUT2D eigenvalue weighted by molar-refractivity contribution is 5.51. The van der Waals surface area contributed by atoms with Crippen molar-refractivity contribution in [2.45, 2.75) is 13.3 Å². The number of ether oxygens (including phenoxy) is 2. The maximum absolute atomic E-state index is 8.62. The first-order chi connectivity index (χ1) is 7.77. The summed E-state index contributed by atoms with van der Waals surface area (Å²) in [6.07, 6.45) is 2.41. The molecule has 16 heavy (non-hydrogen) atoms. The normalized spacial score (nSPS) is 9.75. The summed E-state index contributed by atoms with van der Waals surface area (Å²) in [5.74, 6) is 0.346. The fraction of sp³-hybridized carbons (Fsp3) is 0.455. The molecule has 0 aliphatic heterocycles. The van der Waals surface area contributed by atoms with Crippen molar-refractivity contribution < 1.29 is 9.47 Å². The highest BCUT2D eigenvalue weighted by Gasteiger charge is 2.03. The fourth-order valence-electron chi connectivity index (χ4n) is 1.09. The number of pyridine rings is 1. The van der Waals surface area contributed by atoms with Crippen molar-refractivity contribution in [1.29, 1.82) is 5.26 Å². The van der Waals surface area contributed by atoms with Crippen LogP contribution in [-0.2, 0) is 4.74 Å².